The SMILES string of the molecule is Cc1cccc(NC2=C(c3ccc(F)cc3)C(=O)N(Cc3cccnc3)C2=O)c1. The van der Waals surface area contributed by atoms with Crippen molar-refractivity contribution in [2.75, 3.05) is 5.32 Å². The summed E-state index contributed by atoms with van der Waals surface area (Å²) in [7, 11) is 0. The Labute approximate surface area is 167 Å². The smallest absolute Gasteiger partial charge is 0.278 e. The van der Waals surface area contributed by atoms with E-state index in [1.54, 1.807) is 24.5 Å². The number of halogens is 1. The Kier molecular flexibility index (Phi) is 4.91. The molecule has 3 aromatic rings. The van der Waals surface area contributed by atoms with E-state index in [1.165, 1.54) is 29.2 Å². The van der Waals surface area contributed by atoms with Crippen molar-refractivity contribution in [3.8, 4) is 0 Å². The number of rotatable bonds is 5. The van der Waals surface area contributed by atoms with Crippen LogP contribution in [0.5, 0.6) is 0 Å². The van der Waals surface area contributed by atoms with Gasteiger partial charge in [0.1, 0.15) is 11.5 Å². The molecule has 144 valence electrons. The number of imide groups is 1. The Bertz CT molecular complexity index is 1110. The fourth-order valence-corrected chi connectivity index (χ4v) is 3.26. The lowest BCUT2D eigenvalue weighted by Crippen LogP contribution is -2.32. The standard InChI is InChI=1S/C23H18FN3O2/c1-15-4-2-6-19(12-15)26-21-20(17-7-9-18(24)10-8-17)22(28)27(23(21)29)14-16-5-3-11-25-13-16/h2-13,26H,14H2,1H3. The van der Waals surface area contributed by atoms with Gasteiger partial charge in [0.2, 0.25) is 0 Å². The molecule has 0 bridgehead atoms. The van der Waals surface area contributed by atoms with Gasteiger partial charge in [0.25, 0.3) is 11.8 Å². The molecule has 2 amide bonds. The van der Waals surface area contributed by atoms with Gasteiger partial charge >= 0.3 is 0 Å². The van der Waals surface area contributed by atoms with Gasteiger partial charge in [-0.25, -0.2) is 4.39 Å². The first-order valence-corrected chi connectivity index (χ1v) is 9.12. The van der Waals surface area contributed by atoms with Crippen LogP contribution in [-0.4, -0.2) is 21.7 Å². The van der Waals surface area contributed by atoms with E-state index < -0.39 is 17.6 Å². The molecule has 1 aromatic heterocycles. The Balaban J connectivity index is 1.75. The van der Waals surface area contributed by atoms with Crippen LogP contribution in [0.25, 0.3) is 5.57 Å². The van der Waals surface area contributed by atoms with Gasteiger partial charge in [0, 0.05) is 18.1 Å². The maximum Gasteiger partial charge on any atom is 0.278 e. The fourth-order valence-electron chi connectivity index (χ4n) is 3.26. The second-order valence-corrected chi connectivity index (χ2v) is 6.81. The molecule has 0 saturated heterocycles. The zero-order valence-corrected chi connectivity index (χ0v) is 15.7. The third-order valence-corrected chi connectivity index (χ3v) is 4.65. The van der Waals surface area contributed by atoms with Gasteiger partial charge in [-0.2, -0.15) is 0 Å². The predicted molar refractivity (Wildman–Crippen MR) is 108 cm³/mol. The molecule has 4 rings (SSSR count). The topological polar surface area (TPSA) is 62.3 Å². The Morgan fingerprint density at radius 1 is 1.00 bits per heavy atom. The van der Waals surface area contributed by atoms with E-state index in [9.17, 15) is 14.0 Å². The maximum absolute atomic E-state index is 13.4. The van der Waals surface area contributed by atoms with Crippen molar-refractivity contribution in [1.82, 2.24) is 9.88 Å². The summed E-state index contributed by atoms with van der Waals surface area (Å²) in [6.45, 7) is 2.05. The number of carbonyl (C=O) groups is 2. The summed E-state index contributed by atoms with van der Waals surface area (Å²) in [5.41, 5.74) is 3.33. The molecular weight excluding hydrogens is 369 g/mol. The highest BCUT2D eigenvalue weighted by Crippen LogP contribution is 2.31. The third-order valence-electron chi connectivity index (χ3n) is 4.65. The van der Waals surface area contributed by atoms with Gasteiger partial charge in [-0.15, -0.1) is 0 Å². The summed E-state index contributed by atoms with van der Waals surface area (Å²) >= 11 is 0. The van der Waals surface area contributed by atoms with Crippen molar-refractivity contribution in [2.24, 2.45) is 0 Å². The summed E-state index contributed by atoms with van der Waals surface area (Å²) in [4.78, 5) is 31.5. The number of nitrogens with zero attached hydrogens (tertiary/aromatic N) is 2. The van der Waals surface area contributed by atoms with Crippen molar-refractivity contribution >= 4 is 23.1 Å². The Morgan fingerprint density at radius 2 is 1.79 bits per heavy atom. The van der Waals surface area contributed by atoms with Crippen LogP contribution in [0.3, 0.4) is 0 Å². The highest BCUT2D eigenvalue weighted by Gasteiger charge is 2.39. The van der Waals surface area contributed by atoms with Crippen molar-refractivity contribution < 1.29 is 14.0 Å². The number of aryl methyl sites for hydroxylation is 1. The van der Waals surface area contributed by atoms with Crippen LogP contribution in [0.1, 0.15) is 16.7 Å². The van der Waals surface area contributed by atoms with E-state index in [1.807, 2.05) is 31.2 Å². The zero-order chi connectivity index (χ0) is 20.4. The first-order valence-electron chi connectivity index (χ1n) is 9.12. The van der Waals surface area contributed by atoms with Crippen LogP contribution in [0, 0.1) is 12.7 Å². The Morgan fingerprint density at radius 3 is 2.48 bits per heavy atom. The van der Waals surface area contributed by atoms with Crippen LogP contribution in [0.4, 0.5) is 10.1 Å². The zero-order valence-electron chi connectivity index (χ0n) is 15.7. The molecule has 0 atom stereocenters. The highest BCUT2D eigenvalue weighted by molar-refractivity contribution is 6.36. The average Bonchev–Trinajstić information content (AvgIpc) is 2.94. The molecule has 29 heavy (non-hydrogen) atoms. The van der Waals surface area contributed by atoms with Crippen molar-refractivity contribution in [1.29, 1.82) is 0 Å². The second kappa shape index (κ2) is 7.67. The average molecular weight is 387 g/mol. The van der Waals surface area contributed by atoms with Crippen LogP contribution < -0.4 is 5.32 Å². The quantitative estimate of drug-likeness (QED) is 0.674. The Hall–Kier alpha value is -3.80. The van der Waals surface area contributed by atoms with E-state index in [4.69, 9.17) is 0 Å². The monoisotopic (exact) mass is 387 g/mol. The van der Waals surface area contributed by atoms with E-state index in [0.717, 1.165) is 11.1 Å². The summed E-state index contributed by atoms with van der Waals surface area (Å²) < 4.78 is 13.4. The van der Waals surface area contributed by atoms with Crippen molar-refractivity contribution in [2.45, 2.75) is 13.5 Å². The molecule has 1 aliphatic rings. The molecule has 0 aliphatic carbocycles. The number of hydrogen-bond donors (Lipinski definition) is 1. The molecule has 0 radical (unpaired) electrons. The minimum absolute atomic E-state index is 0.106. The molecular formula is C23H18FN3O2. The van der Waals surface area contributed by atoms with Crippen molar-refractivity contribution in [3.63, 3.8) is 0 Å². The summed E-state index contributed by atoms with van der Waals surface area (Å²) in [5, 5.41) is 3.10. The van der Waals surface area contributed by atoms with Crippen LogP contribution in [-0.2, 0) is 16.1 Å². The van der Waals surface area contributed by atoms with Gasteiger partial charge < -0.3 is 5.32 Å². The lowest BCUT2D eigenvalue weighted by Gasteiger charge is -2.15. The predicted octanol–water partition coefficient (Wildman–Crippen LogP) is 3.92. The van der Waals surface area contributed by atoms with E-state index in [0.29, 0.717) is 11.3 Å². The maximum atomic E-state index is 13.4. The lowest BCUT2D eigenvalue weighted by atomic mass is 10.0. The lowest BCUT2D eigenvalue weighted by molar-refractivity contribution is -0.137. The van der Waals surface area contributed by atoms with Crippen molar-refractivity contribution in [3.05, 3.63) is 101 Å². The molecule has 0 spiro atoms. The van der Waals surface area contributed by atoms with Gasteiger partial charge in [0.05, 0.1) is 12.1 Å². The van der Waals surface area contributed by atoms with E-state index >= 15 is 0 Å². The van der Waals surface area contributed by atoms with Gasteiger partial charge in [-0.05, 0) is 53.9 Å². The number of pyridine rings is 1. The van der Waals surface area contributed by atoms with E-state index in [2.05, 4.69) is 10.3 Å². The van der Waals surface area contributed by atoms with Crippen LogP contribution >= 0.6 is 0 Å². The molecule has 1 N–H and O–H groups in total. The number of hydrogen-bond acceptors (Lipinski definition) is 4. The molecule has 2 aromatic carbocycles. The molecule has 1 aliphatic heterocycles. The number of aromatic nitrogens is 1. The number of anilines is 1. The normalized spacial score (nSPS) is 13.9. The first-order chi connectivity index (χ1) is 14.0. The highest BCUT2D eigenvalue weighted by atomic mass is 19.1. The number of carbonyl (C=O) groups excluding carboxylic acids is 2. The van der Waals surface area contributed by atoms with E-state index in [-0.39, 0.29) is 17.8 Å². The van der Waals surface area contributed by atoms with Gasteiger partial charge in [-0.3, -0.25) is 19.5 Å². The van der Waals surface area contributed by atoms with Crippen LogP contribution in [0.15, 0.2) is 78.8 Å². The van der Waals surface area contributed by atoms with Gasteiger partial charge in [-0.1, -0.05) is 30.3 Å². The number of amides is 2. The fraction of sp³-hybridized carbons (Fsp3) is 0.0870. The first kappa shape index (κ1) is 18.6. The molecule has 5 nitrogen and oxygen atoms in total. The largest absolute Gasteiger partial charge is 0.350 e. The molecule has 2 heterocycles. The minimum atomic E-state index is -0.431. The number of benzene rings is 2. The summed E-state index contributed by atoms with van der Waals surface area (Å²) in [5.74, 6) is -1.27. The number of nitrogens with one attached hydrogen (secondary N) is 1. The van der Waals surface area contributed by atoms with Crippen LogP contribution in [0.2, 0.25) is 0 Å². The summed E-state index contributed by atoms with van der Waals surface area (Å²) in [6.07, 6.45) is 3.24. The second-order valence-electron chi connectivity index (χ2n) is 6.81. The summed E-state index contributed by atoms with van der Waals surface area (Å²) in [6, 6.07) is 16.6. The van der Waals surface area contributed by atoms with Gasteiger partial charge in [0.15, 0.2) is 0 Å². The molecule has 0 fully saturated rings. The molecule has 0 unspecified atom stereocenters. The molecule has 0 saturated carbocycles. The minimum Gasteiger partial charge on any atom is -0.350 e. The molecule has 6 heteroatoms. The third kappa shape index (κ3) is 3.78.